The molecule has 106 valence electrons. The number of benzene rings is 1. The highest BCUT2D eigenvalue weighted by atomic mass is 16.4. The van der Waals surface area contributed by atoms with E-state index in [1.54, 1.807) is 24.3 Å². The highest BCUT2D eigenvalue weighted by Gasteiger charge is 2.28. The lowest BCUT2D eigenvalue weighted by Crippen LogP contribution is -2.37. The van der Waals surface area contributed by atoms with E-state index < -0.39 is 5.97 Å². The van der Waals surface area contributed by atoms with Gasteiger partial charge in [0.2, 0.25) is 0 Å². The Bertz CT molecular complexity index is 518. The molecule has 1 aliphatic rings. The number of aliphatic carboxylic acids is 1. The Balaban J connectivity index is 1.86. The lowest BCUT2D eigenvalue weighted by atomic mass is 10.2. The van der Waals surface area contributed by atoms with Crippen LogP contribution in [0.2, 0.25) is 0 Å². The van der Waals surface area contributed by atoms with E-state index in [9.17, 15) is 9.59 Å². The number of anilines is 1. The summed E-state index contributed by atoms with van der Waals surface area (Å²) in [5.41, 5.74) is 1.45. The van der Waals surface area contributed by atoms with Crippen LogP contribution < -0.4 is 10.6 Å². The smallest absolute Gasteiger partial charge is 0.328 e. The monoisotopic (exact) mass is 274 g/mol. The Morgan fingerprint density at radius 3 is 2.50 bits per heavy atom. The summed E-state index contributed by atoms with van der Waals surface area (Å²) in [5, 5.41) is 14.2. The number of carbonyl (C=O) groups is 2. The highest BCUT2D eigenvalue weighted by Crippen LogP contribution is 2.32. The van der Waals surface area contributed by atoms with Crippen molar-refractivity contribution in [2.75, 3.05) is 5.32 Å². The fourth-order valence-corrected chi connectivity index (χ4v) is 1.93. The maximum atomic E-state index is 11.7. The zero-order valence-corrected chi connectivity index (χ0v) is 11.3. The summed E-state index contributed by atoms with van der Waals surface area (Å²) in [5.74, 6) is -0.370. The average Bonchev–Trinajstić information content (AvgIpc) is 3.22. The van der Waals surface area contributed by atoms with Crippen LogP contribution in [0.3, 0.4) is 0 Å². The van der Waals surface area contributed by atoms with E-state index in [1.807, 2.05) is 6.92 Å². The van der Waals surface area contributed by atoms with Crippen molar-refractivity contribution >= 4 is 23.8 Å². The molecule has 5 heteroatoms. The largest absolute Gasteiger partial charge is 0.478 e. The zero-order chi connectivity index (χ0) is 14.5. The van der Waals surface area contributed by atoms with Crippen LogP contribution in [0.5, 0.6) is 0 Å². The molecule has 1 atom stereocenters. The number of carbonyl (C=O) groups excluding carboxylic acids is 1. The Morgan fingerprint density at radius 2 is 1.95 bits per heavy atom. The highest BCUT2D eigenvalue weighted by molar-refractivity contribution is 5.90. The molecule has 0 heterocycles. The minimum absolute atomic E-state index is 0.202. The molecule has 2 amide bonds. The van der Waals surface area contributed by atoms with Crippen LogP contribution in [-0.2, 0) is 4.79 Å². The molecule has 0 radical (unpaired) electrons. The standard InChI is InChI=1S/C15H18N2O3/c1-10(12-5-6-12)16-15(20)17-13-7-2-11(3-8-13)4-9-14(18)19/h2-4,7-10,12H,5-6H2,1H3,(H,18,19)(H2,16,17,20)/b9-4+. The summed E-state index contributed by atoms with van der Waals surface area (Å²) in [4.78, 5) is 22.1. The van der Waals surface area contributed by atoms with Crippen molar-refractivity contribution < 1.29 is 14.7 Å². The Hall–Kier alpha value is -2.30. The Labute approximate surface area is 117 Å². The van der Waals surface area contributed by atoms with Gasteiger partial charge in [0.25, 0.3) is 0 Å². The van der Waals surface area contributed by atoms with Gasteiger partial charge in [0.05, 0.1) is 0 Å². The predicted octanol–water partition coefficient (Wildman–Crippen LogP) is 2.70. The number of urea groups is 1. The van der Waals surface area contributed by atoms with Gasteiger partial charge in [-0.25, -0.2) is 9.59 Å². The minimum atomic E-state index is -0.986. The summed E-state index contributed by atoms with van der Waals surface area (Å²) in [6, 6.07) is 6.97. The van der Waals surface area contributed by atoms with Gasteiger partial charge in [-0.2, -0.15) is 0 Å². The Kier molecular flexibility index (Phi) is 4.40. The number of carboxylic acids is 1. The van der Waals surface area contributed by atoms with Gasteiger partial charge in [-0.15, -0.1) is 0 Å². The van der Waals surface area contributed by atoms with Gasteiger partial charge in [0, 0.05) is 17.8 Å². The summed E-state index contributed by atoms with van der Waals surface area (Å²) < 4.78 is 0. The number of carboxylic acid groups (broad SMARTS) is 1. The van der Waals surface area contributed by atoms with Crippen molar-refractivity contribution in [2.45, 2.75) is 25.8 Å². The number of amides is 2. The lowest BCUT2D eigenvalue weighted by Gasteiger charge is -2.13. The third-order valence-electron chi connectivity index (χ3n) is 3.27. The fraction of sp³-hybridized carbons (Fsp3) is 0.333. The van der Waals surface area contributed by atoms with E-state index in [0.717, 1.165) is 11.6 Å². The normalized spacial score (nSPS) is 15.8. The molecule has 1 saturated carbocycles. The van der Waals surface area contributed by atoms with E-state index >= 15 is 0 Å². The second-order valence-corrected chi connectivity index (χ2v) is 5.02. The summed E-state index contributed by atoms with van der Waals surface area (Å²) in [6.45, 7) is 2.01. The van der Waals surface area contributed by atoms with Gasteiger partial charge < -0.3 is 15.7 Å². The van der Waals surface area contributed by atoms with Gasteiger partial charge in [-0.1, -0.05) is 12.1 Å². The molecule has 0 aliphatic heterocycles. The molecule has 0 saturated heterocycles. The number of hydrogen-bond acceptors (Lipinski definition) is 2. The number of rotatable bonds is 5. The molecule has 0 aromatic heterocycles. The van der Waals surface area contributed by atoms with Crippen LogP contribution in [-0.4, -0.2) is 23.1 Å². The molecule has 20 heavy (non-hydrogen) atoms. The van der Waals surface area contributed by atoms with Crippen molar-refractivity contribution in [3.63, 3.8) is 0 Å². The molecular weight excluding hydrogens is 256 g/mol. The first kappa shape index (κ1) is 14.1. The van der Waals surface area contributed by atoms with E-state index in [0.29, 0.717) is 11.6 Å². The first-order chi connectivity index (χ1) is 9.54. The summed E-state index contributed by atoms with van der Waals surface area (Å²) >= 11 is 0. The quantitative estimate of drug-likeness (QED) is 0.722. The van der Waals surface area contributed by atoms with E-state index in [4.69, 9.17) is 5.11 Å². The summed E-state index contributed by atoms with van der Waals surface area (Å²) in [6.07, 6.45) is 4.95. The molecule has 3 N–H and O–H groups in total. The van der Waals surface area contributed by atoms with Crippen molar-refractivity contribution in [1.29, 1.82) is 0 Å². The van der Waals surface area contributed by atoms with Crippen LogP contribution in [0.25, 0.3) is 6.08 Å². The van der Waals surface area contributed by atoms with E-state index in [-0.39, 0.29) is 12.1 Å². The maximum absolute atomic E-state index is 11.7. The topological polar surface area (TPSA) is 78.4 Å². The van der Waals surface area contributed by atoms with Crippen molar-refractivity contribution in [3.05, 3.63) is 35.9 Å². The molecule has 1 fully saturated rings. The van der Waals surface area contributed by atoms with Crippen LogP contribution in [0, 0.1) is 5.92 Å². The molecule has 1 aromatic carbocycles. The third-order valence-corrected chi connectivity index (χ3v) is 3.27. The van der Waals surface area contributed by atoms with Gasteiger partial charge in [-0.05, 0) is 49.5 Å². The first-order valence-electron chi connectivity index (χ1n) is 6.63. The van der Waals surface area contributed by atoms with Gasteiger partial charge in [0.1, 0.15) is 0 Å². The van der Waals surface area contributed by atoms with Gasteiger partial charge in [-0.3, -0.25) is 0 Å². The van der Waals surface area contributed by atoms with Crippen molar-refractivity contribution in [2.24, 2.45) is 5.92 Å². The summed E-state index contributed by atoms with van der Waals surface area (Å²) in [7, 11) is 0. The first-order valence-corrected chi connectivity index (χ1v) is 6.63. The second-order valence-electron chi connectivity index (χ2n) is 5.02. The van der Waals surface area contributed by atoms with Crippen LogP contribution >= 0.6 is 0 Å². The number of nitrogens with one attached hydrogen (secondary N) is 2. The Morgan fingerprint density at radius 1 is 1.30 bits per heavy atom. The fourth-order valence-electron chi connectivity index (χ4n) is 1.93. The van der Waals surface area contributed by atoms with Gasteiger partial charge in [0.15, 0.2) is 0 Å². The third kappa shape index (κ3) is 4.42. The van der Waals surface area contributed by atoms with Crippen LogP contribution in [0.15, 0.2) is 30.3 Å². The van der Waals surface area contributed by atoms with Crippen molar-refractivity contribution in [1.82, 2.24) is 5.32 Å². The van der Waals surface area contributed by atoms with Crippen molar-refractivity contribution in [3.8, 4) is 0 Å². The maximum Gasteiger partial charge on any atom is 0.328 e. The van der Waals surface area contributed by atoms with E-state index in [1.165, 1.54) is 18.9 Å². The SMILES string of the molecule is CC(NC(=O)Nc1ccc(/C=C/C(=O)O)cc1)C1CC1. The average molecular weight is 274 g/mol. The molecule has 1 unspecified atom stereocenters. The second kappa shape index (κ2) is 6.23. The molecule has 1 aliphatic carbocycles. The van der Waals surface area contributed by atoms with Gasteiger partial charge >= 0.3 is 12.0 Å². The molecule has 1 aromatic rings. The molecule has 0 bridgehead atoms. The number of hydrogen-bond donors (Lipinski definition) is 3. The van der Waals surface area contributed by atoms with Crippen LogP contribution in [0.4, 0.5) is 10.5 Å². The molecule has 0 spiro atoms. The molecule has 2 rings (SSSR count). The van der Waals surface area contributed by atoms with E-state index in [2.05, 4.69) is 10.6 Å². The molecule has 5 nitrogen and oxygen atoms in total. The lowest BCUT2D eigenvalue weighted by molar-refractivity contribution is -0.131. The van der Waals surface area contributed by atoms with Crippen LogP contribution in [0.1, 0.15) is 25.3 Å². The minimum Gasteiger partial charge on any atom is -0.478 e. The predicted molar refractivity (Wildman–Crippen MR) is 77.5 cm³/mol. The zero-order valence-electron chi connectivity index (χ0n) is 11.3. The molecular formula is C15H18N2O3.